The van der Waals surface area contributed by atoms with Gasteiger partial charge in [-0.15, -0.1) is 0 Å². The maximum atomic E-state index is 11.9. The summed E-state index contributed by atoms with van der Waals surface area (Å²) in [4.78, 5) is 36.0. The Balaban J connectivity index is 2.12. The Morgan fingerprint density at radius 2 is 1.92 bits per heavy atom. The summed E-state index contributed by atoms with van der Waals surface area (Å²) >= 11 is 0. The number of ether oxygens (including phenoxy) is 2. The number of fused-ring (bicyclic) bond motifs is 1. The van der Waals surface area contributed by atoms with Crippen LogP contribution in [0.15, 0.2) is 48.9 Å². The van der Waals surface area contributed by atoms with E-state index in [4.69, 9.17) is 4.74 Å². The number of carbonyl (C=O) groups is 2. The lowest BCUT2D eigenvalue weighted by atomic mass is 10.2. The van der Waals surface area contributed by atoms with Crippen LogP contribution in [-0.2, 0) is 25.6 Å². The first kappa shape index (κ1) is 17.3. The third-order valence-electron chi connectivity index (χ3n) is 3.68. The second kappa shape index (κ2) is 7.56. The van der Waals surface area contributed by atoms with Gasteiger partial charge in [-0.05, 0) is 5.56 Å². The highest BCUT2D eigenvalue weighted by molar-refractivity contribution is 6.39. The Hall–Kier alpha value is -3.55. The van der Waals surface area contributed by atoms with E-state index in [1.54, 1.807) is 10.8 Å². The lowest BCUT2D eigenvalue weighted by molar-refractivity contribution is -0.149. The molecule has 0 radical (unpaired) electrons. The Bertz CT molecular complexity index is 979. The van der Waals surface area contributed by atoms with Gasteiger partial charge in [0, 0.05) is 6.08 Å². The summed E-state index contributed by atoms with van der Waals surface area (Å²) in [6.45, 7) is 0.455. The van der Waals surface area contributed by atoms with E-state index in [1.807, 2.05) is 30.3 Å². The topological polar surface area (TPSA) is 96.2 Å². The molecule has 0 N–H and O–H groups in total. The molecule has 1 aromatic carbocycles. The lowest BCUT2D eigenvalue weighted by Gasteiger charge is -2.10. The molecule has 2 aromatic heterocycles. The smallest absolute Gasteiger partial charge is 0.378 e. The van der Waals surface area contributed by atoms with Crippen molar-refractivity contribution in [2.24, 2.45) is 0 Å². The zero-order valence-corrected chi connectivity index (χ0v) is 14.2. The van der Waals surface area contributed by atoms with Crippen molar-refractivity contribution < 1.29 is 19.1 Å². The molecule has 0 unspecified atom stereocenters. The van der Waals surface area contributed by atoms with Gasteiger partial charge in [0.1, 0.15) is 11.8 Å². The van der Waals surface area contributed by atoms with E-state index >= 15 is 0 Å². The van der Waals surface area contributed by atoms with Crippen LogP contribution in [0.3, 0.4) is 0 Å². The molecule has 132 valence electrons. The predicted octanol–water partition coefficient (Wildman–Crippen LogP) is 1.60. The van der Waals surface area contributed by atoms with Crippen molar-refractivity contribution in [1.29, 1.82) is 0 Å². The van der Waals surface area contributed by atoms with Crippen molar-refractivity contribution in [3.63, 3.8) is 0 Å². The standard InChI is InChI=1S/C18H16N4O4/c1-25-15(8-14(23)18(24)26-2)17-21-13-9-19-11-20-16(13)22(17)10-12-6-4-3-5-7-12/h3-9,11H,10H2,1-2H3/b15-8-. The second-order valence-electron chi connectivity index (χ2n) is 5.31. The Morgan fingerprint density at radius 3 is 2.62 bits per heavy atom. The highest BCUT2D eigenvalue weighted by atomic mass is 16.5. The Kier molecular flexibility index (Phi) is 5.02. The fourth-order valence-electron chi connectivity index (χ4n) is 2.47. The van der Waals surface area contributed by atoms with Crippen molar-refractivity contribution in [3.05, 3.63) is 60.3 Å². The SMILES string of the molecule is COC(=O)C(=O)/C=C(\OC)c1nc2cncnc2n1Cc1ccccc1. The number of methoxy groups -OCH3 is 2. The van der Waals surface area contributed by atoms with E-state index in [9.17, 15) is 9.59 Å². The number of esters is 1. The predicted molar refractivity (Wildman–Crippen MR) is 92.9 cm³/mol. The number of hydrogen-bond acceptors (Lipinski definition) is 7. The van der Waals surface area contributed by atoms with Gasteiger partial charge in [-0.25, -0.2) is 19.7 Å². The highest BCUT2D eigenvalue weighted by Gasteiger charge is 2.20. The highest BCUT2D eigenvalue weighted by Crippen LogP contribution is 2.22. The van der Waals surface area contributed by atoms with E-state index in [0.717, 1.165) is 18.7 Å². The molecule has 0 saturated carbocycles. The molecule has 26 heavy (non-hydrogen) atoms. The first-order valence-corrected chi connectivity index (χ1v) is 7.72. The van der Waals surface area contributed by atoms with Crippen LogP contribution in [-0.4, -0.2) is 45.5 Å². The minimum Gasteiger partial charge on any atom is -0.493 e. The molecular formula is C18H16N4O4. The van der Waals surface area contributed by atoms with Crippen LogP contribution in [0.1, 0.15) is 11.4 Å². The van der Waals surface area contributed by atoms with Gasteiger partial charge < -0.3 is 14.0 Å². The largest absolute Gasteiger partial charge is 0.493 e. The third-order valence-corrected chi connectivity index (χ3v) is 3.68. The molecule has 0 saturated heterocycles. The first-order chi connectivity index (χ1) is 12.6. The maximum Gasteiger partial charge on any atom is 0.378 e. The van der Waals surface area contributed by atoms with Gasteiger partial charge in [-0.3, -0.25) is 4.79 Å². The van der Waals surface area contributed by atoms with E-state index in [-0.39, 0.29) is 5.76 Å². The molecule has 0 aliphatic heterocycles. The molecule has 0 bridgehead atoms. The zero-order chi connectivity index (χ0) is 18.5. The Morgan fingerprint density at radius 1 is 1.15 bits per heavy atom. The maximum absolute atomic E-state index is 11.9. The van der Waals surface area contributed by atoms with Crippen molar-refractivity contribution in [2.45, 2.75) is 6.54 Å². The average Bonchev–Trinajstić information content (AvgIpc) is 3.04. The summed E-state index contributed by atoms with van der Waals surface area (Å²) < 4.78 is 11.5. The number of ketones is 1. The number of imidazole rings is 1. The fourth-order valence-corrected chi connectivity index (χ4v) is 2.47. The summed E-state index contributed by atoms with van der Waals surface area (Å²) in [5.74, 6) is -1.32. The van der Waals surface area contributed by atoms with Crippen LogP contribution in [0.25, 0.3) is 16.9 Å². The van der Waals surface area contributed by atoms with Gasteiger partial charge in [0.25, 0.3) is 5.78 Å². The van der Waals surface area contributed by atoms with E-state index in [2.05, 4.69) is 19.7 Å². The summed E-state index contributed by atoms with van der Waals surface area (Å²) in [5, 5.41) is 0. The summed E-state index contributed by atoms with van der Waals surface area (Å²) in [5.41, 5.74) is 2.15. The number of aromatic nitrogens is 4. The van der Waals surface area contributed by atoms with E-state index in [0.29, 0.717) is 23.5 Å². The van der Waals surface area contributed by atoms with Crippen LogP contribution in [0.4, 0.5) is 0 Å². The van der Waals surface area contributed by atoms with E-state index < -0.39 is 11.8 Å². The number of benzene rings is 1. The van der Waals surface area contributed by atoms with Crippen LogP contribution in [0, 0.1) is 0 Å². The van der Waals surface area contributed by atoms with Crippen molar-refractivity contribution in [2.75, 3.05) is 14.2 Å². The fraction of sp³-hybridized carbons (Fsp3) is 0.167. The molecule has 3 aromatic rings. The van der Waals surface area contributed by atoms with Gasteiger partial charge in [0.05, 0.1) is 27.0 Å². The van der Waals surface area contributed by atoms with Crippen LogP contribution >= 0.6 is 0 Å². The minimum atomic E-state index is -0.981. The number of rotatable bonds is 6. The van der Waals surface area contributed by atoms with Crippen LogP contribution in [0.2, 0.25) is 0 Å². The molecule has 8 nitrogen and oxygen atoms in total. The summed E-state index contributed by atoms with van der Waals surface area (Å²) in [7, 11) is 2.54. The molecule has 0 fully saturated rings. The monoisotopic (exact) mass is 352 g/mol. The average molecular weight is 352 g/mol. The molecule has 0 aliphatic carbocycles. The lowest BCUT2D eigenvalue weighted by Crippen LogP contribution is -2.14. The Labute approximate surface area is 149 Å². The molecular weight excluding hydrogens is 336 g/mol. The van der Waals surface area contributed by atoms with Crippen molar-refractivity contribution in [3.8, 4) is 0 Å². The van der Waals surface area contributed by atoms with Gasteiger partial charge in [0.15, 0.2) is 17.2 Å². The van der Waals surface area contributed by atoms with Crippen LogP contribution < -0.4 is 0 Å². The molecule has 0 atom stereocenters. The summed E-state index contributed by atoms with van der Waals surface area (Å²) in [6, 6.07) is 9.71. The van der Waals surface area contributed by atoms with Crippen LogP contribution in [0.5, 0.6) is 0 Å². The number of hydrogen-bond donors (Lipinski definition) is 0. The van der Waals surface area contributed by atoms with Gasteiger partial charge in [-0.2, -0.15) is 0 Å². The summed E-state index contributed by atoms with van der Waals surface area (Å²) in [6.07, 6.45) is 4.05. The van der Waals surface area contributed by atoms with Gasteiger partial charge >= 0.3 is 5.97 Å². The molecule has 2 heterocycles. The van der Waals surface area contributed by atoms with E-state index in [1.165, 1.54) is 13.4 Å². The van der Waals surface area contributed by atoms with Gasteiger partial charge in [0.2, 0.25) is 0 Å². The van der Waals surface area contributed by atoms with Gasteiger partial charge in [-0.1, -0.05) is 30.3 Å². The first-order valence-electron chi connectivity index (χ1n) is 7.72. The second-order valence-corrected chi connectivity index (χ2v) is 5.31. The molecule has 0 amide bonds. The molecule has 8 heteroatoms. The minimum absolute atomic E-state index is 0.134. The third kappa shape index (κ3) is 3.44. The molecule has 0 aliphatic rings. The number of nitrogens with zero attached hydrogens (tertiary/aromatic N) is 4. The number of carbonyl (C=O) groups excluding carboxylic acids is 2. The molecule has 0 spiro atoms. The quantitative estimate of drug-likeness (QED) is 0.288. The van der Waals surface area contributed by atoms with Crippen molar-refractivity contribution in [1.82, 2.24) is 19.5 Å². The van der Waals surface area contributed by atoms with Crippen molar-refractivity contribution >= 4 is 28.7 Å². The molecule has 3 rings (SSSR count). The zero-order valence-electron chi connectivity index (χ0n) is 14.2. The normalized spacial score (nSPS) is 11.4.